The zero-order valence-corrected chi connectivity index (χ0v) is 12.2. The molecule has 0 unspecified atom stereocenters. The second kappa shape index (κ2) is 5.67. The highest BCUT2D eigenvalue weighted by Crippen LogP contribution is 2.19. The normalized spacial score (nSPS) is 12.4. The molecule has 0 saturated carbocycles. The summed E-state index contributed by atoms with van der Waals surface area (Å²) in [5.74, 6) is 0. The van der Waals surface area contributed by atoms with Crippen LogP contribution in [0.2, 0.25) is 0 Å². The summed E-state index contributed by atoms with van der Waals surface area (Å²) in [5.41, 5.74) is 2.77. The summed E-state index contributed by atoms with van der Waals surface area (Å²) in [6, 6.07) is 0.540. The summed E-state index contributed by atoms with van der Waals surface area (Å²) in [4.78, 5) is 0. The average molecular weight is 237 g/mol. The molecule has 1 aromatic rings. The van der Waals surface area contributed by atoms with Gasteiger partial charge in [0.2, 0.25) is 0 Å². The summed E-state index contributed by atoms with van der Waals surface area (Å²) in [6.45, 7) is 14.1. The van der Waals surface area contributed by atoms with E-state index in [0.29, 0.717) is 6.04 Å². The van der Waals surface area contributed by atoms with Crippen molar-refractivity contribution in [3.05, 3.63) is 17.5 Å². The summed E-state index contributed by atoms with van der Waals surface area (Å²) >= 11 is 0. The number of nitrogens with zero attached hydrogens (tertiary/aromatic N) is 2. The molecule has 1 rings (SSSR count). The minimum Gasteiger partial charge on any atom is -0.308 e. The summed E-state index contributed by atoms with van der Waals surface area (Å²) in [7, 11) is 0. The van der Waals surface area contributed by atoms with Crippen molar-refractivity contribution in [2.24, 2.45) is 0 Å². The fourth-order valence-corrected chi connectivity index (χ4v) is 2.00. The van der Waals surface area contributed by atoms with Gasteiger partial charge in [0, 0.05) is 23.3 Å². The lowest BCUT2D eigenvalue weighted by Crippen LogP contribution is -2.35. The van der Waals surface area contributed by atoms with E-state index in [1.54, 1.807) is 0 Å². The highest BCUT2D eigenvalue weighted by atomic mass is 15.3. The van der Waals surface area contributed by atoms with Gasteiger partial charge in [-0.3, -0.25) is 4.68 Å². The third-order valence-electron chi connectivity index (χ3n) is 3.24. The smallest absolute Gasteiger partial charge is 0.0537 e. The van der Waals surface area contributed by atoms with Gasteiger partial charge in [0.15, 0.2) is 0 Å². The first-order chi connectivity index (χ1) is 7.89. The van der Waals surface area contributed by atoms with Crippen LogP contribution in [0.5, 0.6) is 0 Å². The molecule has 1 heterocycles. The van der Waals surface area contributed by atoms with Crippen LogP contribution in [0.15, 0.2) is 6.20 Å². The Morgan fingerprint density at radius 2 is 1.88 bits per heavy atom. The van der Waals surface area contributed by atoms with E-state index in [9.17, 15) is 0 Å². The molecule has 0 spiro atoms. The zero-order chi connectivity index (χ0) is 13.1. The van der Waals surface area contributed by atoms with Crippen LogP contribution in [0.4, 0.5) is 0 Å². The van der Waals surface area contributed by atoms with Gasteiger partial charge < -0.3 is 5.32 Å². The molecule has 0 atom stereocenters. The molecule has 17 heavy (non-hydrogen) atoms. The van der Waals surface area contributed by atoms with Gasteiger partial charge in [0.25, 0.3) is 0 Å². The van der Waals surface area contributed by atoms with Crippen molar-refractivity contribution in [1.29, 1.82) is 0 Å². The lowest BCUT2D eigenvalue weighted by molar-refractivity contribution is 0.413. The van der Waals surface area contributed by atoms with Crippen LogP contribution in [0.1, 0.15) is 64.8 Å². The Bertz CT molecular complexity index is 343. The zero-order valence-electron chi connectivity index (χ0n) is 12.2. The molecule has 0 aromatic carbocycles. The quantitative estimate of drug-likeness (QED) is 0.850. The minimum atomic E-state index is 0.156. The molecular formula is C14H27N3. The molecule has 0 aliphatic carbocycles. The Hall–Kier alpha value is -0.830. The van der Waals surface area contributed by atoms with E-state index in [2.05, 4.69) is 56.6 Å². The van der Waals surface area contributed by atoms with Crippen molar-refractivity contribution in [1.82, 2.24) is 15.1 Å². The molecule has 1 aromatic heterocycles. The maximum atomic E-state index is 4.54. The Kier molecular flexibility index (Phi) is 4.75. The van der Waals surface area contributed by atoms with Gasteiger partial charge in [-0.15, -0.1) is 0 Å². The van der Waals surface area contributed by atoms with Crippen molar-refractivity contribution in [3.8, 4) is 0 Å². The average Bonchev–Trinajstić information content (AvgIpc) is 2.59. The fourth-order valence-electron chi connectivity index (χ4n) is 2.00. The highest BCUT2D eigenvalue weighted by molar-refractivity contribution is 5.16. The number of aromatic nitrogens is 2. The van der Waals surface area contributed by atoms with Crippen molar-refractivity contribution in [3.63, 3.8) is 0 Å². The molecule has 98 valence electrons. The van der Waals surface area contributed by atoms with Crippen LogP contribution >= 0.6 is 0 Å². The van der Waals surface area contributed by atoms with Gasteiger partial charge in [-0.05, 0) is 40.5 Å². The first-order valence-corrected chi connectivity index (χ1v) is 6.67. The first-order valence-electron chi connectivity index (χ1n) is 6.67. The molecule has 0 amide bonds. The monoisotopic (exact) mass is 237 g/mol. The van der Waals surface area contributed by atoms with Crippen LogP contribution in [0.3, 0.4) is 0 Å². The van der Waals surface area contributed by atoms with Crippen molar-refractivity contribution in [2.45, 2.75) is 72.5 Å². The molecule has 0 bridgehead atoms. The lowest BCUT2D eigenvalue weighted by atomic mass is 10.1. The Morgan fingerprint density at radius 3 is 2.35 bits per heavy atom. The molecule has 0 radical (unpaired) electrons. The van der Waals surface area contributed by atoms with Crippen LogP contribution in [0, 0.1) is 6.92 Å². The Morgan fingerprint density at radius 1 is 1.29 bits per heavy atom. The summed E-state index contributed by atoms with van der Waals surface area (Å²) in [5, 5.41) is 8.05. The molecule has 0 saturated heterocycles. The number of hydrogen-bond acceptors (Lipinski definition) is 2. The van der Waals surface area contributed by atoms with Gasteiger partial charge in [-0.25, -0.2) is 0 Å². The molecule has 0 aliphatic rings. The van der Waals surface area contributed by atoms with Crippen molar-refractivity contribution in [2.75, 3.05) is 0 Å². The SMILES string of the molecule is CCC(CC)n1ncc(CNC(C)(C)C)c1C. The largest absolute Gasteiger partial charge is 0.308 e. The molecular weight excluding hydrogens is 210 g/mol. The molecule has 0 aliphatic heterocycles. The lowest BCUT2D eigenvalue weighted by Gasteiger charge is -2.20. The summed E-state index contributed by atoms with van der Waals surface area (Å²) in [6.07, 6.45) is 4.29. The van der Waals surface area contributed by atoms with Gasteiger partial charge >= 0.3 is 0 Å². The number of rotatable bonds is 5. The first kappa shape index (κ1) is 14.2. The van der Waals surface area contributed by atoms with Crippen molar-refractivity contribution >= 4 is 0 Å². The van der Waals surface area contributed by atoms with E-state index in [-0.39, 0.29) is 5.54 Å². The second-order valence-corrected chi connectivity index (χ2v) is 5.77. The third-order valence-corrected chi connectivity index (χ3v) is 3.24. The number of hydrogen-bond donors (Lipinski definition) is 1. The maximum absolute atomic E-state index is 4.54. The van der Waals surface area contributed by atoms with Gasteiger partial charge in [0.1, 0.15) is 0 Å². The predicted molar refractivity (Wildman–Crippen MR) is 73.2 cm³/mol. The molecule has 3 nitrogen and oxygen atoms in total. The highest BCUT2D eigenvalue weighted by Gasteiger charge is 2.15. The Balaban J connectivity index is 2.77. The van der Waals surface area contributed by atoms with Gasteiger partial charge in [-0.2, -0.15) is 5.10 Å². The van der Waals surface area contributed by atoms with Crippen LogP contribution in [-0.4, -0.2) is 15.3 Å². The number of nitrogens with one attached hydrogen (secondary N) is 1. The van der Waals surface area contributed by atoms with Crippen molar-refractivity contribution < 1.29 is 0 Å². The maximum Gasteiger partial charge on any atom is 0.0537 e. The van der Waals surface area contributed by atoms with Crippen LogP contribution in [0.25, 0.3) is 0 Å². The standard InChI is InChI=1S/C14H27N3/c1-7-13(8-2)17-11(3)12(10-16-17)9-15-14(4,5)6/h10,13,15H,7-9H2,1-6H3. The predicted octanol–water partition coefficient (Wildman–Crippen LogP) is 3.44. The molecule has 1 N–H and O–H groups in total. The van der Waals surface area contributed by atoms with Crippen LogP contribution in [-0.2, 0) is 6.54 Å². The van der Waals surface area contributed by atoms with E-state index in [0.717, 1.165) is 19.4 Å². The molecule has 0 fully saturated rings. The minimum absolute atomic E-state index is 0.156. The van der Waals surface area contributed by atoms with E-state index in [1.165, 1.54) is 11.3 Å². The van der Waals surface area contributed by atoms with E-state index >= 15 is 0 Å². The summed E-state index contributed by atoms with van der Waals surface area (Å²) < 4.78 is 2.18. The van der Waals surface area contributed by atoms with Gasteiger partial charge in [-0.1, -0.05) is 13.8 Å². The van der Waals surface area contributed by atoms with E-state index in [4.69, 9.17) is 0 Å². The Labute approximate surface area is 106 Å². The third kappa shape index (κ3) is 3.84. The second-order valence-electron chi connectivity index (χ2n) is 5.77. The van der Waals surface area contributed by atoms with Crippen LogP contribution < -0.4 is 5.32 Å². The van der Waals surface area contributed by atoms with Gasteiger partial charge in [0.05, 0.1) is 12.2 Å². The van der Waals surface area contributed by atoms with E-state index < -0.39 is 0 Å². The molecule has 3 heteroatoms. The fraction of sp³-hybridized carbons (Fsp3) is 0.786. The van der Waals surface area contributed by atoms with E-state index in [1.807, 2.05) is 6.20 Å². The topological polar surface area (TPSA) is 29.9 Å².